The Morgan fingerprint density at radius 3 is 2.52 bits per heavy atom. The zero-order chi connectivity index (χ0) is 18.2. The highest BCUT2D eigenvalue weighted by Crippen LogP contribution is 2.38. The van der Waals surface area contributed by atoms with Gasteiger partial charge in [0.25, 0.3) is 0 Å². The number of thiophene rings is 1. The second-order valence-electron chi connectivity index (χ2n) is 6.17. The van der Waals surface area contributed by atoms with E-state index in [-0.39, 0.29) is 6.54 Å². The molecule has 0 saturated carbocycles. The first-order valence-electron chi connectivity index (χ1n) is 7.95. The van der Waals surface area contributed by atoms with E-state index in [1.807, 2.05) is 58.0 Å². The summed E-state index contributed by atoms with van der Waals surface area (Å²) in [7, 11) is -3.64. The van der Waals surface area contributed by atoms with Gasteiger partial charge in [0.2, 0.25) is 10.0 Å². The first kappa shape index (κ1) is 17.8. The lowest BCUT2D eigenvalue weighted by Gasteiger charge is -2.09. The maximum Gasteiger partial charge on any atom is 0.242 e. The van der Waals surface area contributed by atoms with Gasteiger partial charge in [-0.25, -0.2) is 13.1 Å². The standard InChI is InChI=1S/C18H21N3O2S2/c1-11-6-5-7-15(8-11)10-19-25(22,23)18-14(4)24-13(3)17(18)16-9-12(2)20-21-16/h5-9,19H,10H2,1-4H3,(H,20,21). The van der Waals surface area contributed by atoms with Crippen LogP contribution >= 0.6 is 11.3 Å². The molecule has 2 N–H and O–H groups in total. The highest BCUT2D eigenvalue weighted by atomic mass is 32.2. The molecule has 7 heteroatoms. The maximum atomic E-state index is 13.0. The molecular weight excluding hydrogens is 354 g/mol. The second-order valence-corrected chi connectivity index (χ2v) is 9.30. The van der Waals surface area contributed by atoms with E-state index >= 15 is 0 Å². The first-order chi connectivity index (χ1) is 11.8. The van der Waals surface area contributed by atoms with Crippen molar-refractivity contribution in [2.75, 3.05) is 0 Å². The molecule has 1 aromatic carbocycles. The number of sulfonamides is 1. The molecule has 3 rings (SSSR count). The van der Waals surface area contributed by atoms with Crippen molar-refractivity contribution >= 4 is 21.4 Å². The normalized spacial score (nSPS) is 11.8. The van der Waals surface area contributed by atoms with E-state index in [2.05, 4.69) is 14.9 Å². The molecule has 0 aliphatic rings. The molecule has 0 radical (unpaired) electrons. The lowest BCUT2D eigenvalue weighted by molar-refractivity contribution is 0.581. The summed E-state index contributed by atoms with van der Waals surface area (Å²) < 4.78 is 28.7. The number of rotatable bonds is 5. The number of aromatic amines is 1. The molecule has 25 heavy (non-hydrogen) atoms. The molecule has 0 fully saturated rings. The van der Waals surface area contributed by atoms with Gasteiger partial charge in [0.1, 0.15) is 4.90 Å². The minimum atomic E-state index is -3.64. The molecule has 2 aromatic heterocycles. The highest BCUT2D eigenvalue weighted by Gasteiger charge is 2.27. The fraction of sp³-hybridized carbons (Fsp3) is 0.278. The van der Waals surface area contributed by atoms with Gasteiger partial charge in [0.05, 0.1) is 5.69 Å². The van der Waals surface area contributed by atoms with E-state index in [1.54, 1.807) is 0 Å². The highest BCUT2D eigenvalue weighted by molar-refractivity contribution is 7.89. The van der Waals surface area contributed by atoms with E-state index in [9.17, 15) is 8.42 Å². The SMILES string of the molecule is Cc1cccc(CNS(=O)(=O)c2c(C)sc(C)c2-c2cc(C)[nH]n2)c1. The van der Waals surface area contributed by atoms with Crippen molar-refractivity contribution in [1.29, 1.82) is 0 Å². The Balaban J connectivity index is 1.97. The van der Waals surface area contributed by atoms with Crippen LogP contribution in [-0.4, -0.2) is 18.6 Å². The summed E-state index contributed by atoms with van der Waals surface area (Å²) in [5.74, 6) is 0. The molecule has 132 valence electrons. The van der Waals surface area contributed by atoms with Crippen LogP contribution in [0.15, 0.2) is 35.2 Å². The molecule has 0 spiro atoms. The maximum absolute atomic E-state index is 13.0. The lowest BCUT2D eigenvalue weighted by atomic mass is 10.1. The van der Waals surface area contributed by atoms with Gasteiger partial charge in [0.15, 0.2) is 0 Å². The van der Waals surface area contributed by atoms with Crippen LogP contribution in [0.2, 0.25) is 0 Å². The molecular formula is C18H21N3O2S2. The summed E-state index contributed by atoms with van der Waals surface area (Å²) in [6.45, 7) is 7.91. The van der Waals surface area contributed by atoms with Crippen LogP contribution < -0.4 is 4.72 Å². The fourth-order valence-electron chi connectivity index (χ4n) is 2.90. The number of aryl methyl sites for hydroxylation is 4. The molecule has 0 aliphatic carbocycles. The largest absolute Gasteiger partial charge is 0.282 e. The summed E-state index contributed by atoms with van der Waals surface area (Å²) in [6, 6.07) is 9.68. The van der Waals surface area contributed by atoms with Gasteiger partial charge in [-0.2, -0.15) is 5.10 Å². The van der Waals surface area contributed by atoms with Crippen molar-refractivity contribution in [3.8, 4) is 11.3 Å². The van der Waals surface area contributed by atoms with E-state index in [1.165, 1.54) is 11.3 Å². The fourth-order valence-corrected chi connectivity index (χ4v) is 5.79. The summed E-state index contributed by atoms with van der Waals surface area (Å²) in [6.07, 6.45) is 0. The van der Waals surface area contributed by atoms with Crippen molar-refractivity contribution in [3.63, 3.8) is 0 Å². The first-order valence-corrected chi connectivity index (χ1v) is 10.3. The quantitative estimate of drug-likeness (QED) is 0.711. The van der Waals surface area contributed by atoms with E-state index in [4.69, 9.17) is 0 Å². The van der Waals surface area contributed by atoms with Gasteiger partial charge in [0, 0.05) is 27.6 Å². The van der Waals surface area contributed by atoms with Crippen LogP contribution in [0.25, 0.3) is 11.3 Å². The molecule has 0 atom stereocenters. The Hall–Kier alpha value is -1.96. The zero-order valence-corrected chi connectivity index (χ0v) is 16.3. The third kappa shape index (κ3) is 3.68. The molecule has 0 saturated heterocycles. The average molecular weight is 376 g/mol. The Morgan fingerprint density at radius 2 is 1.88 bits per heavy atom. The van der Waals surface area contributed by atoms with Gasteiger partial charge in [-0.1, -0.05) is 29.8 Å². The molecule has 5 nitrogen and oxygen atoms in total. The van der Waals surface area contributed by atoms with Crippen molar-refractivity contribution in [2.24, 2.45) is 0 Å². The van der Waals surface area contributed by atoms with E-state index < -0.39 is 10.0 Å². The van der Waals surface area contributed by atoms with Crippen molar-refractivity contribution in [2.45, 2.75) is 39.1 Å². The number of hydrogen-bond acceptors (Lipinski definition) is 4. The minimum Gasteiger partial charge on any atom is -0.282 e. The van der Waals surface area contributed by atoms with Crippen LogP contribution in [0, 0.1) is 27.7 Å². The molecule has 2 heterocycles. The van der Waals surface area contributed by atoms with Gasteiger partial charge in [-0.3, -0.25) is 5.10 Å². The summed E-state index contributed by atoms with van der Waals surface area (Å²) in [5, 5.41) is 7.14. The number of hydrogen-bond donors (Lipinski definition) is 2. The van der Waals surface area contributed by atoms with Crippen molar-refractivity contribution in [1.82, 2.24) is 14.9 Å². The lowest BCUT2D eigenvalue weighted by Crippen LogP contribution is -2.24. The van der Waals surface area contributed by atoms with Crippen molar-refractivity contribution < 1.29 is 8.42 Å². The number of nitrogens with zero attached hydrogens (tertiary/aromatic N) is 1. The van der Waals surface area contributed by atoms with Crippen LogP contribution in [0.4, 0.5) is 0 Å². The molecule has 3 aromatic rings. The van der Waals surface area contributed by atoms with Crippen LogP contribution in [0.3, 0.4) is 0 Å². The van der Waals surface area contributed by atoms with Crippen molar-refractivity contribution in [3.05, 3.63) is 56.9 Å². The van der Waals surface area contributed by atoms with E-state index in [0.29, 0.717) is 16.2 Å². The van der Waals surface area contributed by atoms with Gasteiger partial charge < -0.3 is 0 Å². The summed E-state index contributed by atoms with van der Waals surface area (Å²) in [4.78, 5) is 2.04. The van der Waals surface area contributed by atoms with Crippen LogP contribution in [0.5, 0.6) is 0 Å². The minimum absolute atomic E-state index is 0.261. The molecule has 0 amide bonds. The van der Waals surface area contributed by atoms with Crippen LogP contribution in [-0.2, 0) is 16.6 Å². The van der Waals surface area contributed by atoms with Gasteiger partial charge >= 0.3 is 0 Å². The Labute approximate surface area is 152 Å². The van der Waals surface area contributed by atoms with Gasteiger partial charge in [-0.15, -0.1) is 11.3 Å². The smallest absolute Gasteiger partial charge is 0.242 e. The monoisotopic (exact) mass is 375 g/mol. The average Bonchev–Trinajstić information content (AvgIpc) is 3.08. The number of benzene rings is 1. The predicted octanol–water partition coefficient (Wildman–Crippen LogP) is 3.85. The molecule has 0 aliphatic heterocycles. The molecule has 0 bridgehead atoms. The number of aromatic nitrogens is 2. The second kappa shape index (κ2) is 6.74. The summed E-state index contributed by atoms with van der Waals surface area (Å²) in [5.41, 5.74) is 4.28. The molecule has 0 unspecified atom stereocenters. The van der Waals surface area contributed by atoms with Gasteiger partial charge in [-0.05, 0) is 39.3 Å². The Morgan fingerprint density at radius 1 is 1.12 bits per heavy atom. The zero-order valence-electron chi connectivity index (χ0n) is 14.7. The Bertz CT molecular complexity index is 1020. The third-order valence-electron chi connectivity index (χ3n) is 3.98. The topological polar surface area (TPSA) is 74.8 Å². The Kier molecular flexibility index (Phi) is 4.81. The summed E-state index contributed by atoms with van der Waals surface area (Å²) >= 11 is 1.48. The number of nitrogens with one attached hydrogen (secondary N) is 2. The predicted molar refractivity (Wildman–Crippen MR) is 101 cm³/mol. The van der Waals surface area contributed by atoms with E-state index in [0.717, 1.165) is 26.6 Å². The third-order valence-corrected chi connectivity index (χ3v) is 6.71. The number of H-pyrrole nitrogens is 1. The van der Waals surface area contributed by atoms with Crippen LogP contribution in [0.1, 0.15) is 26.6 Å².